The molecule has 0 saturated carbocycles. The Morgan fingerprint density at radius 2 is 1.78 bits per heavy atom. The molecule has 0 aliphatic heterocycles. The Hall–Kier alpha value is -2.54. The molecule has 0 aliphatic rings. The first-order chi connectivity index (χ1) is 11.0. The van der Waals surface area contributed by atoms with Gasteiger partial charge in [-0.05, 0) is 24.6 Å². The highest BCUT2D eigenvalue weighted by Crippen LogP contribution is 2.15. The average molecular weight is 332 g/mol. The van der Waals surface area contributed by atoms with Gasteiger partial charge >= 0.3 is 0 Å². The van der Waals surface area contributed by atoms with E-state index in [0.29, 0.717) is 4.90 Å². The molecule has 7 heteroatoms. The molecule has 2 aromatic rings. The molecule has 0 spiro atoms. The lowest BCUT2D eigenvalue weighted by Crippen LogP contribution is -2.30. The van der Waals surface area contributed by atoms with E-state index in [4.69, 9.17) is 0 Å². The zero-order valence-electron chi connectivity index (χ0n) is 12.5. The molecule has 1 N–H and O–H groups in total. The lowest BCUT2D eigenvalue weighted by molar-refractivity contribution is -0.384. The molecule has 2 atom stereocenters. The third-order valence-electron chi connectivity index (χ3n) is 3.25. The van der Waals surface area contributed by atoms with Crippen LogP contribution < -0.4 is 5.32 Å². The van der Waals surface area contributed by atoms with Gasteiger partial charge < -0.3 is 5.32 Å². The molecule has 1 amide bonds. The summed E-state index contributed by atoms with van der Waals surface area (Å²) < 4.78 is 12.1. The second-order valence-corrected chi connectivity index (χ2v) is 6.39. The summed E-state index contributed by atoms with van der Waals surface area (Å²) >= 11 is 0. The number of hydrogen-bond acceptors (Lipinski definition) is 4. The molecule has 0 fully saturated rings. The number of carbonyl (C=O) groups excluding carboxylic acids is 1. The van der Waals surface area contributed by atoms with Gasteiger partial charge in [-0.15, -0.1) is 0 Å². The molecule has 0 bridgehead atoms. The van der Waals surface area contributed by atoms with E-state index in [0.717, 1.165) is 5.56 Å². The number of non-ortho nitro benzene ring substituents is 1. The summed E-state index contributed by atoms with van der Waals surface area (Å²) in [5.41, 5.74) is 0.884. The van der Waals surface area contributed by atoms with Crippen LogP contribution in [0.15, 0.2) is 59.5 Å². The Morgan fingerprint density at radius 3 is 2.35 bits per heavy atom. The number of nitrogens with one attached hydrogen (secondary N) is 1. The van der Waals surface area contributed by atoms with E-state index in [-0.39, 0.29) is 23.4 Å². The van der Waals surface area contributed by atoms with E-state index >= 15 is 0 Å². The maximum absolute atomic E-state index is 12.1. The lowest BCUT2D eigenvalue weighted by Gasteiger charge is -2.14. The van der Waals surface area contributed by atoms with Gasteiger partial charge in [-0.1, -0.05) is 30.3 Å². The fourth-order valence-corrected chi connectivity index (χ4v) is 2.96. The van der Waals surface area contributed by atoms with Gasteiger partial charge in [-0.25, -0.2) is 0 Å². The van der Waals surface area contributed by atoms with Crippen LogP contribution in [0.4, 0.5) is 5.69 Å². The number of hydrogen-bond donors (Lipinski definition) is 1. The Morgan fingerprint density at radius 1 is 1.17 bits per heavy atom. The third kappa shape index (κ3) is 4.72. The number of nitro benzene ring substituents is 1. The number of carbonyl (C=O) groups is 1. The highest BCUT2D eigenvalue weighted by molar-refractivity contribution is 7.85. The van der Waals surface area contributed by atoms with Crippen molar-refractivity contribution in [1.29, 1.82) is 0 Å². The highest BCUT2D eigenvalue weighted by atomic mass is 32.2. The van der Waals surface area contributed by atoms with Crippen LogP contribution in [-0.4, -0.2) is 20.8 Å². The van der Waals surface area contributed by atoms with Crippen molar-refractivity contribution in [2.24, 2.45) is 0 Å². The number of amides is 1. The van der Waals surface area contributed by atoms with Crippen molar-refractivity contribution in [2.45, 2.75) is 17.9 Å². The molecule has 0 aromatic heterocycles. The Kier molecular flexibility index (Phi) is 5.59. The molecular formula is C16H16N2O4S. The van der Waals surface area contributed by atoms with E-state index in [1.807, 2.05) is 37.3 Å². The lowest BCUT2D eigenvalue weighted by atomic mass is 10.1. The van der Waals surface area contributed by atoms with Gasteiger partial charge in [0.1, 0.15) is 5.75 Å². The van der Waals surface area contributed by atoms with Crippen LogP contribution in [0.25, 0.3) is 0 Å². The monoisotopic (exact) mass is 332 g/mol. The van der Waals surface area contributed by atoms with Crippen LogP contribution in [0, 0.1) is 10.1 Å². The average Bonchev–Trinajstić information content (AvgIpc) is 2.55. The molecule has 1 unspecified atom stereocenters. The summed E-state index contributed by atoms with van der Waals surface area (Å²) in [5.74, 6) is -0.521. The first kappa shape index (κ1) is 16.8. The van der Waals surface area contributed by atoms with Crippen LogP contribution in [0.5, 0.6) is 0 Å². The van der Waals surface area contributed by atoms with Crippen molar-refractivity contribution in [3.63, 3.8) is 0 Å². The summed E-state index contributed by atoms with van der Waals surface area (Å²) in [6.45, 7) is 1.85. The number of rotatable bonds is 6. The molecule has 6 nitrogen and oxygen atoms in total. The molecule has 0 aliphatic carbocycles. The van der Waals surface area contributed by atoms with Gasteiger partial charge in [-0.3, -0.25) is 19.1 Å². The standard InChI is InChI=1S/C16H16N2O4S/c1-12(13-5-3-2-4-6-13)17-16(19)11-23(22)15-9-7-14(8-10-15)18(20)21/h2-10,12H,11H2,1H3,(H,17,19)/t12-,23?/m0/s1. The normalized spacial score (nSPS) is 13.1. The van der Waals surface area contributed by atoms with Crippen LogP contribution in [-0.2, 0) is 15.6 Å². The van der Waals surface area contributed by atoms with Crippen molar-refractivity contribution in [3.05, 3.63) is 70.3 Å². The van der Waals surface area contributed by atoms with Gasteiger partial charge in [0.05, 0.1) is 21.8 Å². The van der Waals surface area contributed by atoms with Gasteiger partial charge in [0.2, 0.25) is 5.91 Å². The van der Waals surface area contributed by atoms with Crippen LogP contribution >= 0.6 is 0 Å². The van der Waals surface area contributed by atoms with Crippen LogP contribution in [0.3, 0.4) is 0 Å². The largest absolute Gasteiger partial charge is 0.349 e. The second-order valence-electron chi connectivity index (χ2n) is 4.94. The minimum atomic E-state index is -1.54. The van der Waals surface area contributed by atoms with Crippen molar-refractivity contribution >= 4 is 22.4 Å². The van der Waals surface area contributed by atoms with E-state index < -0.39 is 15.7 Å². The highest BCUT2D eigenvalue weighted by Gasteiger charge is 2.14. The van der Waals surface area contributed by atoms with Crippen LogP contribution in [0.2, 0.25) is 0 Å². The smallest absolute Gasteiger partial charge is 0.269 e. The van der Waals surface area contributed by atoms with Crippen LogP contribution in [0.1, 0.15) is 18.5 Å². The quantitative estimate of drug-likeness (QED) is 0.650. The van der Waals surface area contributed by atoms with Crippen molar-refractivity contribution in [2.75, 3.05) is 5.75 Å². The zero-order chi connectivity index (χ0) is 16.8. The van der Waals surface area contributed by atoms with Gasteiger partial charge in [0.25, 0.3) is 5.69 Å². The molecular weight excluding hydrogens is 316 g/mol. The fourth-order valence-electron chi connectivity index (χ4n) is 2.03. The Bertz CT molecular complexity index is 717. The third-order valence-corrected chi connectivity index (χ3v) is 4.57. The Balaban J connectivity index is 1.94. The van der Waals surface area contributed by atoms with E-state index in [1.165, 1.54) is 24.3 Å². The van der Waals surface area contributed by atoms with Crippen molar-refractivity contribution in [1.82, 2.24) is 5.32 Å². The molecule has 120 valence electrons. The predicted octanol–water partition coefficient (Wildman–Crippen LogP) is 2.58. The van der Waals surface area contributed by atoms with Crippen molar-refractivity contribution in [3.8, 4) is 0 Å². The fraction of sp³-hybridized carbons (Fsp3) is 0.188. The SMILES string of the molecule is C[C@H](NC(=O)CS(=O)c1ccc([N+](=O)[O-])cc1)c1ccccc1. The summed E-state index contributed by atoms with van der Waals surface area (Å²) in [5, 5.41) is 13.4. The molecule has 0 heterocycles. The number of nitro groups is 1. The summed E-state index contributed by atoms with van der Waals surface area (Å²) in [6, 6.07) is 14.6. The molecule has 0 saturated heterocycles. The summed E-state index contributed by atoms with van der Waals surface area (Å²) in [6.07, 6.45) is 0. The topological polar surface area (TPSA) is 89.3 Å². The van der Waals surface area contributed by atoms with E-state index in [9.17, 15) is 19.1 Å². The first-order valence-electron chi connectivity index (χ1n) is 6.94. The summed E-state index contributed by atoms with van der Waals surface area (Å²) in [4.78, 5) is 22.4. The maximum Gasteiger partial charge on any atom is 0.269 e. The van der Waals surface area contributed by atoms with E-state index in [2.05, 4.69) is 5.32 Å². The first-order valence-corrected chi connectivity index (χ1v) is 8.26. The predicted molar refractivity (Wildman–Crippen MR) is 87.4 cm³/mol. The molecule has 2 rings (SSSR count). The van der Waals surface area contributed by atoms with Gasteiger partial charge in [0.15, 0.2) is 0 Å². The molecule has 23 heavy (non-hydrogen) atoms. The summed E-state index contributed by atoms with van der Waals surface area (Å²) in [7, 11) is -1.54. The zero-order valence-corrected chi connectivity index (χ0v) is 13.3. The Labute approximate surface area is 136 Å². The van der Waals surface area contributed by atoms with E-state index in [1.54, 1.807) is 0 Å². The minimum absolute atomic E-state index is 0.0760. The van der Waals surface area contributed by atoms with Gasteiger partial charge in [0, 0.05) is 17.0 Å². The molecule has 0 radical (unpaired) electrons. The number of benzene rings is 2. The second kappa shape index (κ2) is 7.64. The van der Waals surface area contributed by atoms with Crippen molar-refractivity contribution < 1.29 is 13.9 Å². The van der Waals surface area contributed by atoms with Gasteiger partial charge in [-0.2, -0.15) is 0 Å². The molecule has 2 aromatic carbocycles. The maximum atomic E-state index is 12.1. The minimum Gasteiger partial charge on any atom is -0.349 e. The number of nitrogens with zero attached hydrogens (tertiary/aromatic N) is 1.